The summed E-state index contributed by atoms with van der Waals surface area (Å²) in [6, 6.07) is -0.504. The first-order chi connectivity index (χ1) is 9.06. The first-order valence-corrected chi connectivity index (χ1v) is 8.42. The van der Waals surface area contributed by atoms with Crippen molar-refractivity contribution >= 4 is 23.6 Å². The summed E-state index contributed by atoms with van der Waals surface area (Å²) in [5.74, 6) is 2.03. The fourth-order valence-electron chi connectivity index (χ4n) is 2.55. The van der Waals surface area contributed by atoms with Crippen molar-refractivity contribution in [1.82, 2.24) is 10.2 Å². The molecule has 0 aromatic carbocycles. The highest BCUT2D eigenvalue weighted by Gasteiger charge is 2.41. The van der Waals surface area contributed by atoms with E-state index in [1.165, 1.54) is 0 Å². The maximum Gasteiger partial charge on any atom is 0.246 e. The van der Waals surface area contributed by atoms with Crippen LogP contribution in [0.1, 0.15) is 47.0 Å². The van der Waals surface area contributed by atoms with Crippen molar-refractivity contribution < 1.29 is 9.59 Å². The number of carbonyl (C=O) groups is 2. The van der Waals surface area contributed by atoms with Crippen molar-refractivity contribution in [2.45, 2.75) is 65.1 Å². The molecule has 19 heavy (non-hydrogen) atoms. The number of hydrogen-bond donors (Lipinski definition) is 1. The number of rotatable bonds is 7. The molecule has 0 aromatic heterocycles. The molecule has 0 saturated carbocycles. The molecule has 1 aliphatic heterocycles. The van der Waals surface area contributed by atoms with Crippen molar-refractivity contribution in [3.8, 4) is 0 Å². The molecule has 1 aliphatic rings. The molecule has 0 bridgehead atoms. The third-order valence-corrected chi connectivity index (χ3v) is 4.64. The minimum Gasteiger partial charge on any atom is -0.343 e. The fourth-order valence-corrected chi connectivity index (χ4v) is 3.29. The van der Waals surface area contributed by atoms with Gasteiger partial charge >= 0.3 is 0 Å². The monoisotopic (exact) mass is 286 g/mol. The fraction of sp³-hybridized carbons (Fsp3) is 0.857. The summed E-state index contributed by atoms with van der Waals surface area (Å²) >= 11 is 1.81. The minimum atomic E-state index is -0.325. The summed E-state index contributed by atoms with van der Waals surface area (Å²) in [4.78, 5) is 26.5. The number of thioether (sulfide) groups is 1. The summed E-state index contributed by atoms with van der Waals surface area (Å²) in [6.45, 7) is 8.15. The average molecular weight is 286 g/mol. The molecule has 3 atom stereocenters. The second-order valence-corrected chi connectivity index (χ2v) is 6.35. The Kier molecular flexibility index (Phi) is 6.69. The van der Waals surface area contributed by atoms with Crippen LogP contribution in [0.5, 0.6) is 0 Å². The largest absolute Gasteiger partial charge is 0.343 e. The molecule has 1 heterocycles. The van der Waals surface area contributed by atoms with E-state index in [0.29, 0.717) is 6.42 Å². The van der Waals surface area contributed by atoms with Gasteiger partial charge in [0.25, 0.3) is 0 Å². The number of nitrogens with zero attached hydrogens (tertiary/aromatic N) is 1. The molecule has 5 heteroatoms. The highest BCUT2D eigenvalue weighted by molar-refractivity contribution is 7.99. The van der Waals surface area contributed by atoms with Crippen LogP contribution in [-0.2, 0) is 9.59 Å². The van der Waals surface area contributed by atoms with E-state index in [2.05, 4.69) is 12.2 Å². The van der Waals surface area contributed by atoms with Crippen LogP contribution in [0.4, 0.5) is 0 Å². The summed E-state index contributed by atoms with van der Waals surface area (Å²) in [5, 5.41) is 2.87. The van der Waals surface area contributed by atoms with E-state index in [4.69, 9.17) is 0 Å². The van der Waals surface area contributed by atoms with Crippen molar-refractivity contribution in [1.29, 1.82) is 0 Å². The maximum absolute atomic E-state index is 12.5. The zero-order valence-corrected chi connectivity index (χ0v) is 13.3. The van der Waals surface area contributed by atoms with E-state index in [-0.39, 0.29) is 29.9 Å². The summed E-state index contributed by atoms with van der Waals surface area (Å²) in [5.41, 5.74) is 0. The van der Waals surface area contributed by atoms with Crippen LogP contribution < -0.4 is 5.32 Å². The number of nitrogens with one attached hydrogen (secondary N) is 1. The van der Waals surface area contributed by atoms with Crippen LogP contribution in [0.2, 0.25) is 0 Å². The predicted molar refractivity (Wildman–Crippen MR) is 80.2 cm³/mol. The standard InChI is InChI=1S/C14H26N2O2S/c1-5-8-11-14(18)16(10(4)9-19-7-3)12(6-2)13(17)15-11/h10-12H,5-9H2,1-4H3,(H,15,17). The molecule has 1 rings (SSSR count). The molecule has 4 nitrogen and oxygen atoms in total. The van der Waals surface area contributed by atoms with Crippen LogP contribution in [0.25, 0.3) is 0 Å². The van der Waals surface area contributed by atoms with Crippen LogP contribution in [0.15, 0.2) is 0 Å². The zero-order valence-electron chi connectivity index (χ0n) is 12.4. The molecule has 0 aromatic rings. The highest BCUT2D eigenvalue weighted by Crippen LogP contribution is 2.20. The molecule has 0 spiro atoms. The smallest absolute Gasteiger partial charge is 0.246 e. The molecule has 110 valence electrons. The molecule has 1 N–H and O–H groups in total. The summed E-state index contributed by atoms with van der Waals surface area (Å²) < 4.78 is 0. The van der Waals surface area contributed by atoms with Crippen LogP contribution in [-0.4, -0.2) is 46.3 Å². The van der Waals surface area contributed by atoms with Crippen LogP contribution in [0.3, 0.4) is 0 Å². The van der Waals surface area contributed by atoms with E-state index in [0.717, 1.165) is 24.3 Å². The van der Waals surface area contributed by atoms with Crippen molar-refractivity contribution in [3.05, 3.63) is 0 Å². The molecule has 3 unspecified atom stereocenters. The van der Waals surface area contributed by atoms with Gasteiger partial charge in [-0.3, -0.25) is 9.59 Å². The Bertz CT molecular complexity index is 323. The van der Waals surface area contributed by atoms with E-state index in [1.807, 2.05) is 37.4 Å². The second-order valence-electron chi connectivity index (χ2n) is 5.03. The molecule has 1 saturated heterocycles. The first kappa shape index (κ1) is 16.3. The zero-order chi connectivity index (χ0) is 14.4. The quantitative estimate of drug-likeness (QED) is 0.779. The lowest BCUT2D eigenvalue weighted by Gasteiger charge is -2.42. The lowest BCUT2D eigenvalue weighted by molar-refractivity contribution is -0.151. The lowest BCUT2D eigenvalue weighted by atomic mass is 10.0. The van der Waals surface area contributed by atoms with Crippen molar-refractivity contribution in [3.63, 3.8) is 0 Å². The molecular weight excluding hydrogens is 260 g/mol. The van der Waals surface area contributed by atoms with Gasteiger partial charge in [-0.2, -0.15) is 11.8 Å². The van der Waals surface area contributed by atoms with Gasteiger partial charge in [-0.25, -0.2) is 0 Å². The number of carbonyl (C=O) groups excluding carboxylic acids is 2. The molecule has 0 aliphatic carbocycles. The van der Waals surface area contributed by atoms with Gasteiger partial charge in [0, 0.05) is 11.8 Å². The van der Waals surface area contributed by atoms with Gasteiger partial charge in [0.15, 0.2) is 0 Å². The van der Waals surface area contributed by atoms with Gasteiger partial charge in [-0.15, -0.1) is 0 Å². The molecular formula is C14H26N2O2S. The van der Waals surface area contributed by atoms with Gasteiger partial charge in [0.1, 0.15) is 12.1 Å². The van der Waals surface area contributed by atoms with Crippen LogP contribution in [0, 0.1) is 0 Å². The van der Waals surface area contributed by atoms with E-state index < -0.39 is 0 Å². The summed E-state index contributed by atoms with van der Waals surface area (Å²) in [7, 11) is 0. The van der Waals surface area contributed by atoms with Gasteiger partial charge in [-0.05, 0) is 25.5 Å². The van der Waals surface area contributed by atoms with Gasteiger partial charge in [0.2, 0.25) is 11.8 Å². The second kappa shape index (κ2) is 7.78. The predicted octanol–water partition coefficient (Wildman–Crippen LogP) is 2.03. The lowest BCUT2D eigenvalue weighted by Crippen LogP contribution is -2.65. The molecule has 0 radical (unpaired) electrons. The Morgan fingerprint density at radius 2 is 2.00 bits per heavy atom. The van der Waals surface area contributed by atoms with Crippen molar-refractivity contribution in [2.75, 3.05) is 11.5 Å². The topological polar surface area (TPSA) is 49.4 Å². The highest BCUT2D eigenvalue weighted by atomic mass is 32.2. The molecule has 2 amide bonds. The third kappa shape index (κ3) is 3.88. The Morgan fingerprint density at radius 3 is 2.53 bits per heavy atom. The van der Waals surface area contributed by atoms with Crippen molar-refractivity contribution in [2.24, 2.45) is 0 Å². The number of amides is 2. The first-order valence-electron chi connectivity index (χ1n) is 7.27. The van der Waals surface area contributed by atoms with Crippen LogP contribution >= 0.6 is 11.8 Å². The normalized spacial score (nSPS) is 25.4. The maximum atomic E-state index is 12.5. The van der Waals surface area contributed by atoms with E-state index in [1.54, 1.807) is 0 Å². The summed E-state index contributed by atoms with van der Waals surface area (Å²) in [6.07, 6.45) is 2.31. The average Bonchev–Trinajstić information content (AvgIpc) is 2.39. The van der Waals surface area contributed by atoms with Gasteiger partial charge in [0.05, 0.1) is 0 Å². The molecule has 1 fully saturated rings. The Balaban J connectivity index is 2.85. The minimum absolute atomic E-state index is 0.00824. The Morgan fingerprint density at radius 1 is 1.32 bits per heavy atom. The van der Waals surface area contributed by atoms with E-state index in [9.17, 15) is 9.59 Å². The Labute approximate surface area is 120 Å². The number of hydrogen-bond acceptors (Lipinski definition) is 3. The Hall–Kier alpha value is -0.710. The third-order valence-electron chi connectivity index (χ3n) is 3.51. The van der Waals surface area contributed by atoms with E-state index >= 15 is 0 Å². The SMILES string of the molecule is CCCC1NC(=O)C(CC)N(C(C)CSCC)C1=O. The number of piperazine rings is 1. The van der Waals surface area contributed by atoms with Gasteiger partial charge < -0.3 is 10.2 Å². The van der Waals surface area contributed by atoms with Gasteiger partial charge in [-0.1, -0.05) is 27.2 Å².